The Balaban J connectivity index is 2.21. The lowest BCUT2D eigenvalue weighted by molar-refractivity contribution is 0.459. The van der Waals surface area contributed by atoms with E-state index in [0.29, 0.717) is 12.0 Å². The number of aryl methyl sites for hydroxylation is 2. The molecule has 2 atom stereocenters. The summed E-state index contributed by atoms with van der Waals surface area (Å²) in [5.74, 6) is 0.546. The van der Waals surface area contributed by atoms with Gasteiger partial charge in [-0.3, -0.25) is 4.68 Å². The van der Waals surface area contributed by atoms with Crippen LogP contribution in [0.5, 0.6) is 0 Å². The summed E-state index contributed by atoms with van der Waals surface area (Å²) in [6, 6.07) is 2.51. The first-order valence-corrected chi connectivity index (χ1v) is 5.16. The second-order valence-electron chi connectivity index (χ2n) is 4.05. The first-order valence-electron chi connectivity index (χ1n) is 5.16. The van der Waals surface area contributed by atoms with E-state index in [1.807, 2.05) is 11.7 Å². The lowest BCUT2D eigenvalue weighted by Crippen LogP contribution is -2.23. The van der Waals surface area contributed by atoms with Gasteiger partial charge in [-0.1, -0.05) is 0 Å². The van der Waals surface area contributed by atoms with Crippen LogP contribution in [-0.4, -0.2) is 22.9 Å². The summed E-state index contributed by atoms with van der Waals surface area (Å²) in [5.41, 5.74) is 8.07. The Kier molecular flexibility index (Phi) is 2.56. The van der Waals surface area contributed by atoms with E-state index in [4.69, 9.17) is 5.73 Å². The predicted molar refractivity (Wildman–Crippen MR) is 55.9 cm³/mol. The topological polar surface area (TPSA) is 55.9 Å². The van der Waals surface area contributed by atoms with Crippen molar-refractivity contribution in [2.45, 2.75) is 19.4 Å². The SMILES string of the molecule is Cc1cc(C2NCCC2CN)nn1C. The van der Waals surface area contributed by atoms with Crippen molar-refractivity contribution in [2.24, 2.45) is 18.7 Å². The molecule has 0 bridgehead atoms. The molecule has 1 fully saturated rings. The number of nitrogens with zero attached hydrogens (tertiary/aromatic N) is 2. The second-order valence-corrected chi connectivity index (χ2v) is 4.05. The maximum Gasteiger partial charge on any atom is 0.0799 e. The summed E-state index contributed by atoms with van der Waals surface area (Å²) in [5, 5.41) is 7.95. The van der Waals surface area contributed by atoms with Crippen molar-refractivity contribution in [3.63, 3.8) is 0 Å². The Bertz CT molecular complexity index is 298. The predicted octanol–water partition coefficient (Wildman–Crippen LogP) is 0.338. The molecule has 2 rings (SSSR count). The molecule has 1 aromatic heterocycles. The molecule has 0 amide bonds. The maximum atomic E-state index is 5.73. The third-order valence-electron chi connectivity index (χ3n) is 3.10. The molecule has 4 nitrogen and oxygen atoms in total. The van der Waals surface area contributed by atoms with Crippen molar-refractivity contribution in [3.8, 4) is 0 Å². The van der Waals surface area contributed by atoms with E-state index < -0.39 is 0 Å². The molecule has 0 spiro atoms. The molecule has 14 heavy (non-hydrogen) atoms. The average molecular weight is 194 g/mol. The van der Waals surface area contributed by atoms with Gasteiger partial charge in [0.25, 0.3) is 0 Å². The zero-order chi connectivity index (χ0) is 10.1. The van der Waals surface area contributed by atoms with Crippen molar-refractivity contribution in [2.75, 3.05) is 13.1 Å². The molecule has 1 aliphatic rings. The van der Waals surface area contributed by atoms with Crippen LogP contribution in [0, 0.1) is 12.8 Å². The molecular formula is C10H18N4. The zero-order valence-corrected chi connectivity index (χ0v) is 8.83. The molecule has 78 valence electrons. The lowest BCUT2D eigenvalue weighted by atomic mass is 9.98. The van der Waals surface area contributed by atoms with Crippen molar-refractivity contribution in [1.82, 2.24) is 15.1 Å². The third kappa shape index (κ3) is 1.55. The van der Waals surface area contributed by atoms with Gasteiger partial charge in [-0.2, -0.15) is 5.10 Å². The number of rotatable bonds is 2. The Morgan fingerprint density at radius 3 is 3.07 bits per heavy atom. The summed E-state index contributed by atoms with van der Waals surface area (Å²) in [4.78, 5) is 0. The van der Waals surface area contributed by atoms with Crippen LogP contribution in [0.4, 0.5) is 0 Å². The third-order valence-corrected chi connectivity index (χ3v) is 3.10. The maximum absolute atomic E-state index is 5.73. The number of hydrogen-bond donors (Lipinski definition) is 2. The Labute approximate surface area is 84.5 Å². The zero-order valence-electron chi connectivity index (χ0n) is 8.83. The largest absolute Gasteiger partial charge is 0.330 e. The van der Waals surface area contributed by atoms with Gasteiger partial charge in [0, 0.05) is 12.7 Å². The van der Waals surface area contributed by atoms with E-state index in [1.54, 1.807) is 0 Å². The van der Waals surface area contributed by atoms with Crippen molar-refractivity contribution in [1.29, 1.82) is 0 Å². The van der Waals surface area contributed by atoms with Crippen LogP contribution in [0.15, 0.2) is 6.07 Å². The Morgan fingerprint density at radius 1 is 1.71 bits per heavy atom. The molecule has 0 aromatic carbocycles. The van der Waals surface area contributed by atoms with Gasteiger partial charge in [0.05, 0.1) is 11.7 Å². The van der Waals surface area contributed by atoms with Crippen LogP contribution < -0.4 is 11.1 Å². The quantitative estimate of drug-likeness (QED) is 0.713. The van der Waals surface area contributed by atoms with Gasteiger partial charge in [0.15, 0.2) is 0 Å². The monoisotopic (exact) mass is 194 g/mol. The summed E-state index contributed by atoms with van der Waals surface area (Å²) in [6.07, 6.45) is 1.16. The highest BCUT2D eigenvalue weighted by Crippen LogP contribution is 2.27. The average Bonchev–Trinajstić information content (AvgIpc) is 2.73. The molecule has 1 aliphatic heterocycles. The van der Waals surface area contributed by atoms with Crippen LogP contribution in [0.3, 0.4) is 0 Å². The van der Waals surface area contributed by atoms with Crippen LogP contribution in [0.1, 0.15) is 23.9 Å². The van der Waals surface area contributed by atoms with Gasteiger partial charge >= 0.3 is 0 Å². The van der Waals surface area contributed by atoms with Crippen molar-refractivity contribution in [3.05, 3.63) is 17.5 Å². The van der Waals surface area contributed by atoms with Gasteiger partial charge in [0.1, 0.15) is 0 Å². The minimum atomic E-state index is 0.361. The smallest absolute Gasteiger partial charge is 0.0799 e. The van der Waals surface area contributed by atoms with Gasteiger partial charge in [0.2, 0.25) is 0 Å². The van der Waals surface area contributed by atoms with E-state index in [2.05, 4.69) is 23.4 Å². The lowest BCUT2D eigenvalue weighted by Gasteiger charge is -2.14. The van der Waals surface area contributed by atoms with Crippen LogP contribution in [0.25, 0.3) is 0 Å². The fourth-order valence-corrected chi connectivity index (χ4v) is 2.10. The molecule has 3 N–H and O–H groups in total. The highest BCUT2D eigenvalue weighted by atomic mass is 15.3. The molecule has 2 heterocycles. The summed E-state index contributed by atoms with van der Waals surface area (Å²) >= 11 is 0. The molecule has 0 aliphatic carbocycles. The van der Waals surface area contributed by atoms with Crippen LogP contribution in [-0.2, 0) is 7.05 Å². The van der Waals surface area contributed by atoms with Gasteiger partial charge in [-0.25, -0.2) is 0 Å². The standard InChI is InChI=1S/C10H18N4/c1-7-5-9(13-14(7)2)10-8(6-11)3-4-12-10/h5,8,10,12H,3-4,6,11H2,1-2H3. The van der Waals surface area contributed by atoms with Crippen LogP contribution >= 0.6 is 0 Å². The summed E-state index contributed by atoms with van der Waals surface area (Å²) in [7, 11) is 1.98. The fourth-order valence-electron chi connectivity index (χ4n) is 2.10. The van der Waals surface area contributed by atoms with Crippen LogP contribution in [0.2, 0.25) is 0 Å². The first kappa shape index (κ1) is 9.68. The molecule has 0 radical (unpaired) electrons. The molecule has 4 heteroatoms. The Hall–Kier alpha value is -0.870. The van der Waals surface area contributed by atoms with Gasteiger partial charge in [-0.15, -0.1) is 0 Å². The molecular weight excluding hydrogens is 176 g/mol. The highest BCUT2D eigenvalue weighted by molar-refractivity contribution is 5.15. The second kappa shape index (κ2) is 3.71. The summed E-state index contributed by atoms with van der Waals surface area (Å²) < 4.78 is 1.92. The number of hydrogen-bond acceptors (Lipinski definition) is 3. The van der Waals surface area contributed by atoms with E-state index in [9.17, 15) is 0 Å². The Morgan fingerprint density at radius 2 is 2.50 bits per heavy atom. The molecule has 0 saturated carbocycles. The molecule has 1 aromatic rings. The van der Waals surface area contributed by atoms with Gasteiger partial charge in [-0.05, 0) is 38.4 Å². The van der Waals surface area contributed by atoms with Crippen molar-refractivity contribution < 1.29 is 0 Å². The van der Waals surface area contributed by atoms with E-state index in [1.165, 1.54) is 5.69 Å². The number of aromatic nitrogens is 2. The summed E-state index contributed by atoms with van der Waals surface area (Å²) in [6.45, 7) is 3.87. The van der Waals surface area contributed by atoms with E-state index in [-0.39, 0.29) is 0 Å². The van der Waals surface area contributed by atoms with Crippen molar-refractivity contribution >= 4 is 0 Å². The highest BCUT2D eigenvalue weighted by Gasteiger charge is 2.28. The number of nitrogens with one attached hydrogen (secondary N) is 1. The van der Waals surface area contributed by atoms with E-state index in [0.717, 1.165) is 25.2 Å². The van der Waals surface area contributed by atoms with E-state index >= 15 is 0 Å². The first-order chi connectivity index (χ1) is 6.72. The van der Waals surface area contributed by atoms with Gasteiger partial charge < -0.3 is 11.1 Å². The fraction of sp³-hybridized carbons (Fsp3) is 0.700. The minimum absolute atomic E-state index is 0.361. The molecule has 2 unspecified atom stereocenters. The minimum Gasteiger partial charge on any atom is -0.330 e. The number of nitrogens with two attached hydrogens (primary N) is 1. The normalized spacial score (nSPS) is 27.1. The molecule has 1 saturated heterocycles.